The quantitative estimate of drug-likeness (QED) is 0.0538. The van der Waals surface area contributed by atoms with Crippen LogP contribution in [0.5, 0.6) is 5.75 Å². The summed E-state index contributed by atoms with van der Waals surface area (Å²) in [6, 6.07) is 39.1. The molecule has 0 heterocycles. The molecule has 9 N–H and O–H groups in total. The first-order valence-corrected chi connectivity index (χ1v) is 23.1. The van der Waals surface area contributed by atoms with Gasteiger partial charge in [0.1, 0.15) is 5.75 Å². The van der Waals surface area contributed by atoms with E-state index in [2.05, 4.69) is 37.2 Å². The first-order chi connectivity index (χ1) is 32.0. The Morgan fingerprint density at radius 1 is 0.403 bits per heavy atom. The third-order valence-electron chi connectivity index (χ3n) is 9.89. The second-order valence-electron chi connectivity index (χ2n) is 14.8. The highest BCUT2D eigenvalue weighted by Crippen LogP contribution is 2.27. The van der Waals surface area contributed by atoms with Crippen LogP contribution in [-0.2, 0) is 19.7 Å². The van der Waals surface area contributed by atoms with Gasteiger partial charge in [0.05, 0.1) is 19.6 Å². The van der Waals surface area contributed by atoms with Crippen LogP contribution in [0.2, 0.25) is 0 Å². The molecule has 0 spiro atoms. The van der Waals surface area contributed by atoms with Crippen molar-refractivity contribution in [2.75, 3.05) is 43.0 Å². The minimum atomic E-state index is -3.99. The third kappa shape index (κ3) is 11.9. The molecule has 0 aliphatic heterocycles. The van der Waals surface area contributed by atoms with Crippen molar-refractivity contribution in [2.45, 2.75) is 33.4 Å². The maximum atomic E-state index is 13.5. The van der Waals surface area contributed by atoms with E-state index in [0.29, 0.717) is 56.8 Å². The van der Waals surface area contributed by atoms with Gasteiger partial charge >= 0.3 is 24.2 Å². The maximum Gasteiger partial charge on any atom is 0.417 e. The second kappa shape index (κ2) is 20.0. The fourth-order valence-electron chi connectivity index (χ4n) is 6.34. The molecule has 7 aromatic carbocycles. The molecule has 17 nitrogen and oxygen atoms in total. The zero-order chi connectivity index (χ0) is 47.7. The van der Waals surface area contributed by atoms with Crippen LogP contribution in [0.3, 0.4) is 0 Å². The van der Waals surface area contributed by atoms with Crippen LogP contribution in [0.4, 0.5) is 64.7 Å². The van der Waals surface area contributed by atoms with Gasteiger partial charge in [0.15, 0.2) is 0 Å². The standard InChI is InChI=1S/C48H42N8O9S2/c1-30-8-12-36(53-45(57)50-33-14-22-40(23-15-33)66(61,62)39-20-10-32(49)11-21-39)28-43(30)55-47(59)52-35-18-26-42(27-19-35)67(63,64)41-24-16-34(17-25-41)51-46(58)54-37-13-9-31(2)44(29-37)56-48(60)65-38-6-4-3-5-7-38/h3-29H,49H2,1-2H3,(H,56,60)(H2,50,53,57)(H2,51,54,58)(H2,52,55,59). The van der Waals surface area contributed by atoms with Gasteiger partial charge in [-0.15, -0.1) is 0 Å². The fourth-order valence-corrected chi connectivity index (χ4v) is 8.86. The Kier molecular flexibility index (Phi) is 13.8. The molecule has 0 saturated carbocycles. The number of nitrogens with two attached hydrogens (primary N) is 1. The summed E-state index contributed by atoms with van der Waals surface area (Å²) in [6.07, 6.45) is -0.700. The van der Waals surface area contributed by atoms with Gasteiger partial charge in [-0.2, -0.15) is 0 Å². The van der Waals surface area contributed by atoms with Crippen molar-refractivity contribution in [3.63, 3.8) is 0 Å². The van der Waals surface area contributed by atoms with E-state index in [-0.39, 0.29) is 19.6 Å². The van der Waals surface area contributed by atoms with Crippen molar-refractivity contribution < 1.29 is 40.8 Å². The summed E-state index contributed by atoms with van der Waals surface area (Å²) in [5.41, 5.74) is 9.98. The zero-order valence-corrected chi connectivity index (χ0v) is 37.3. The van der Waals surface area contributed by atoms with Crippen molar-refractivity contribution >= 4 is 89.4 Å². The Hall–Kier alpha value is -8.68. The lowest BCUT2D eigenvalue weighted by atomic mass is 10.2. The molecule has 7 aromatic rings. The van der Waals surface area contributed by atoms with Crippen molar-refractivity contribution in [1.29, 1.82) is 0 Å². The van der Waals surface area contributed by atoms with Crippen molar-refractivity contribution in [3.8, 4) is 5.75 Å². The SMILES string of the molecule is Cc1ccc(NC(=O)Nc2ccc(S(=O)(=O)c3ccc(N)cc3)cc2)cc1NC(=O)Nc1ccc(S(=O)(=O)c2ccc(NC(=O)Nc3ccc(C)c(NC(=O)Oc4ccccc4)c3)cc2)cc1. The first kappa shape index (κ1) is 46.3. The highest BCUT2D eigenvalue weighted by molar-refractivity contribution is 7.91. The molecule has 19 heteroatoms. The molecule has 0 fully saturated rings. The average Bonchev–Trinajstić information content (AvgIpc) is 3.29. The summed E-state index contributed by atoms with van der Waals surface area (Å²) in [7, 11) is -7.79. The summed E-state index contributed by atoms with van der Waals surface area (Å²) >= 11 is 0. The molecule has 7 rings (SSSR count). The number of aryl methyl sites for hydroxylation is 2. The second-order valence-corrected chi connectivity index (χ2v) is 18.7. The van der Waals surface area contributed by atoms with E-state index in [1.165, 1.54) is 97.1 Å². The van der Waals surface area contributed by atoms with E-state index < -0.39 is 43.9 Å². The largest absolute Gasteiger partial charge is 0.417 e. The Bertz CT molecular complexity index is 3190. The molecule has 0 aliphatic rings. The van der Waals surface area contributed by atoms with E-state index in [4.69, 9.17) is 10.5 Å². The summed E-state index contributed by atoms with van der Waals surface area (Å²) in [4.78, 5) is 51.1. The van der Waals surface area contributed by atoms with Crippen molar-refractivity contribution in [3.05, 3.63) is 175 Å². The monoisotopic (exact) mass is 938 g/mol. The molecule has 0 bridgehead atoms. The number of benzene rings is 7. The molecule has 0 unspecified atom stereocenters. The Balaban J connectivity index is 0.892. The summed E-state index contributed by atoms with van der Waals surface area (Å²) < 4.78 is 58.2. The van der Waals surface area contributed by atoms with Crippen LogP contribution < -0.4 is 47.7 Å². The number of anilines is 8. The number of nitrogens with one attached hydrogen (secondary N) is 7. The zero-order valence-electron chi connectivity index (χ0n) is 35.7. The number of hydrogen-bond donors (Lipinski definition) is 8. The van der Waals surface area contributed by atoms with Gasteiger partial charge in [0.2, 0.25) is 19.7 Å². The van der Waals surface area contributed by atoms with Gasteiger partial charge in [-0.25, -0.2) is 36.0 Å². The number of rotatable bonds is 12. The molecule has 0 saturated heterocycles. The van der Waals surface area contributed by atoms with Gasteiger partial charge in [-0.3, -0.25) is 5.32 Å². The number of carbonyl (C=O) groups is 4. The molecule has 7 amide bonds. The van der Waals surface area contributed by atoms with E-state index in [1.807, 2.05) is 0 Å². The Morgan fingerprint density at radius 3 is 1.13 bits per heavy atom. The van der Waals surface area contributed by atoms with Crippen molar-refractivity contribution in [2.24, 2.45) is 0 Å². The van der Waals surface area contributed by atoms with Gasteiger partial charge in [-0.05, 0) is 158 Å². The number of ether oxygens (including phenoxy) is 1. The fraction of sp³-hybridized carbons (Fsp3) is 0.0417. The minimum absolute atomic E-state index is 0.0368. The topological polar surface area (TPSA) is 256 Å². The average molecular weight is 939 g/mol. The number of urea groups is 3. The number of sulfone groups is 2. The smallest absolute Gasteiger partial charge is 0.410 e. The van der Waals surface area contributed by atoms with Crippen LogP contribution in [-0.4, -0.2) is 41.0 Å². The van der Waals surface area contributed by atoms with E-state index >= 15 is 0 Å². The normalized spacial score (nSPS) is 11.1. The summed E-state index contributed by atoms with van der Waals surface area (Å²) in [6.45, 7) is 3.54. The minimum Gasteiger partial charge on any atom is -0.410 e. The number of nitrogen functional groups attached to an aromatic ring is 1. The lowest BCUT2D eigenvalue weighted by molar-refractivity contribution is 0.215. The summed E-state index contributed by atoms with van der Waals surface area (Å²) in [5.74, 6) is 0.369. The number of para-hydroxylation sites is 1. The number of hydrogen-bond acceptors (Lipinski definition) is 10. The predicted molar refractivity (Wildman–Crippen MR) is 257 cm³/mol. The summed E-state index contributed by atoms with van der Waals surface area (Å²) in [5, 5.41) is 18.7. The lowest BCUT2D eigenvalue weighted by Crippen LogP contribution is -2.21. The maximum absolute atomic E-state index is 13.5. The van der Waals surface area contributed by atoms with Crippen LogP contribution in [0.1, 0.15) is 11.1 Å². The molecule has 0 atom stereocenters. The first-order valence-electron chi connectivity index (χ1n) is 20.2. The van der Waals surface area contributed by atoms with E-state index in [1.54, 1.807) is 80.6 Å². The third-order valence-corrected chi connectivity index (χ3v) is 13.5. The number of carbonyl (C=O) groups excluding carboxylic acids is 4. The van der Waals surface area contributed by atoms with E-state index in [9.17, 15) is 36.0 Å². The van der Waals surface area contributed by atoms with Crippen molar-refractivity contribution in [1.82, 2.24) is 0 Å². The van der Waals surface area contributed by atoms with Crippen LogP contribution in [0.15, 0.2) is 183 Å². The number of amides is 7. The molecule has 0 radical (unpaired) electrons. The van der Waals surface area contributed by atoms with Gasteiger partial charge in [0, 0.05) is 45.5 Å². The highest BCUT2D eigenvalue weighted by atomic mass is 32.2. The Labute approximate surface area is 385 Å². The van der Waals surface area contributed by atoms with Gasteiger partial charge < -0.3 is 42.4 Å². The van der Waals surface area contributed by atoms with Crippen LogP contribution in [0, 0.1) is 13.8 Å². The van der Waals surface area contributed by atoms with Crippen LogP contribution in [0.25, 0.3) is 0 Å². The molecule has 67 heavy (non-hydrogen) atoms. The lowest BCUT2D eigenvalue weighted by Gasteiger charge is -2.13. The van der Waals surface area contributed by atoms with E-state index in [0.717, 1.165) is 5.56 Å². The van der Waals surface area contributed by atoms with Gasteiger partial charge in [-0.1, -0.05) is 30.3 Å². The molecule has 0 aliphatic carbocycles. The highest BCUT2D eigenvalue weighted by Gasteiger charge is 2.20. The molecular formula is C48H42N8O9S2. The molecule has 0 aromatic heterocycles. The molecular weight excluding hydrogens is 897 g/mol. The molecule has 340 valence electrons. The van der Waals surface area contributed by atoms with Gasteiger partial charge in [0.25, 0.3) is 0 Å². The van der Waals surface area contributed by atoms with Crippen LogP contribution >= 0.6 is 0 Å². The predicted octanol–water partition coefficient (Wildman–Crippen LogP) is 10.1. The Morgan fingerprint density at radius 2 is 0.731 bits per heavy atom.